The van der Waals surface area contributed by atoms with Crippen LogP contribution in [0.5, 0.6) is 0 Å². The number of carbonyl (C=O) groups is 1. The molecule has 1 rings (SSSR count). The molecule has 0 aromatic carbocycles. The van der Waals surface area contributed by atoms with E-state index in [0.717, 1.165) is 18.7 Å². The van der Waals surface area contributed by atoms with Gasteiger partial charge in [0.25, 0.3) is 0 Å². The van der Waals surface area contributed by atoms with Crippen LogP contribution in [0, 0.1) is 0 Å². The number of likely N-dealkylation sites (N-methyl/N-ethyl adjacent to an activating group) is 1. The highest BCUT2D eigenvalue weighted by Gasteiger charge is 2.25. The fraction of sp³-hybridized carbons (Fsp3) is 0.571. The molecule has 0 saturated heterocycles. The first-order chi connectivity index (χ1) is 8.51. The van der Waals surface area contributed by atoms with Gasteiger partial charge in [0.05, 0.1) is 17.8 Å². The number of hydrogen-bond donors (Lipinski definition) is 2. The summed E-state index contributed by atoms with van der Waals surface area (Å²) < 4.78 is 0. The minimum Gasteiger partial charge on any atom is -0.349 e. The minimum absolute atomic E-state index is 0.00273. The number of aryl methyl sites for hydroxylation is 1. The molecule has 4 nitrogen and oxygen atoms in total. The van der Waals surface area contributed by atoms with Crippen LogP contribution in [0.15, 0.2) is 18.3 Å². The molecule has 0 aliphatic heterocycles. The van der Waals surface area contributed by atoms with Crippen molar-refractivity contribution in [2.45, 2.75) is 46.2 Å². The number of nitrogens with one attached hydrogen (secondary N) is 2. The topological polar surface area (TPSA) is 54.0 Å². The van der Waals surface area contributed by atoms with Crippen molar-refractivity contribution in [1.29, 1.82) is 0 Å². The lowest BCUT2D eigenvalue weighted by Gasteiger charge is -2.24. The summed E-state index contributed by atoms with van der Waals surface area (Å²) in [5.74, 6) is -0.00273. The van der Waals surface area contributed by atoms with E-state index >= 15 is 0 Å². The van der Waals surface area contributed by atoms with Crippen molar-refractivity contribution in [2.75, 3.05) is 6.54 Å². The summed E-state index contributed by atoms with van der Waals surface area (Å²) in [5.41, 5.74) is 1.58. The van der Waals surface area contributed by atoms with E-state index in [-0.39, 0.29) is 5.91 Å². The Kier molecular flexibility index (Phi) is 5.28. The second-order valence-electron chi connectivity index (χ2n) is 4.80. The standard InChI is InChI=1S/C14H23N3O/c1-5-11-8-7-9-15-12(11)10-16-13(18)14(3,4)17-6-2/h7-9,17H,5-6,10H2,1-4H3,(H,16,18). The first-order valence-electron chi connectivity index (χ1n) is 6.47. The van der Waals surface area contributed by atoms with Crippen molar-refractivity contribution in [3.63, 3.8) is 0 Å². The van der Waals surface area contributed by atoms with E-state index < -0.39 is 5.54 Å². The van der Waals surface area contributed by atoms with E-state index in [1.165, 1.54) is 5.56 Å². The Morgan fingerprint density at radius 2 is 2.11 bits per heavy atom. The Balaban J connectivity index is 2.62. The van der Waals surface area contributed by atoms with Crippen molar-refractivity contribution in [3.05, 3.63) is 29.6 Å². The molecule has 0 unspecified atom stereocenters. The lowest BCUT2D eigenvalue weighted by molar-refractivity contribution is -0.126. The van der Waals surface area contributed by atoms with E-state index in [1.807, 2.05) is 32.9 Å². The highest BCUT2D eigenvalue weighted by Crippen LogP contribution is 2.07. The number of rotatable bonds is 6. The fourth-order valence-corrected chi connectivity index (χ4v) is 1.86. The van der Waals surface area contributed by atoms with Crippen LogP contribution in [-0.4, -0.2) is 23.0 Å². The SMILES string of the molecule is CCNC(C)(C)C(=O)NCc1ncccc1CC. The molecule has 1 heterocycles. The predicted octanol–water partition coefficient (Wildman–Crippen LogP) is 1.65. The van der Waals surface area contributed by atoms with E-state index in [4.69, 9.17) is 0 Å². The monoisotopic (exact) mass is 249 g/mol. The van der Waals surface area contributed by atoms with E-state index in [1.54, 1.807) is 6.20 Å². The van der Waals surface area contributed by atoms with Gasteiger partial charge in [0.2, 0.25) is 5.91 Å². The number of amides is 1. The first-order valence-corrected chi connectivity index (χ1v) is 6.47. The largest absolute Gasteiger partial charge is 0.349 e. The molecule has 1 aromatic rings. The zero-order chi connectivity index (χ0) is 13.6. The highest BCUT2D eigenvalue weighted by atomic mass is 16.2. The number of nitrogens with zero attached hydrogens (tertiary/aromatic N) is 1. The Labute approximate surface area is 109 Å². The summed E-state index contributed by atoms with van der Waals surface area (Å²) in [4.78, 5) is 16.3. The van der Waals surface area contributed by atoms with Crippen LogP contribution in [-0.2, 0) is 17.8 Å². The molecule has 0 fully saturated rings. The zero-order valence-electron chi connectivity index (χ0n) is 11.7. The van der Waals surface area contributed by atoms with Gasteiger partial charge in [-0.05, 0) is 38.4 Å². The van der Waals surface area contributed by atoms with Crippen molar-refractivity contribution in [2.24, 2.45) is 0 Å². The van der Waals surface area contributed by atoms with Crippen molar-refractivity contribution >= 4 is 5.91 Å². The van der Waals surface area contributed by atoms with Crippen LogP contribution in [0.25, 0.3) is 0 Å². The van der Waals surface area contributed by atoms with Crippen molar-refractivity contribution in [3.8, 4) is 0 Å². The number of aromatic nitrogens is 1. The molecule has 0 radical (unpaired) electrons. The third-order valence-electron chi connectivity index (χ3n) is 2.97. The zero-order valence-corrected chi connectivity index (χ0v) is 11.7. The van der Waals surface area contributed by atoms with Gasteiger partial charge in [-0.1, -0.05) is 19.9 Å². The van der Waals surface area contributed by atoms with E-state index in [0.29, 0.717) is 6.54 Å². The molecule has 1 aromatic heterocycles. The van der Waals surface area contributed by atoms with Crippen LogP contribution in [0.3, 0.4) is 0 Å². The van der Waals surface area contributed by atoms with Gasteiger partial charge in [-0.2, -0.15) is 0 Å². The molecule has 0 spiro atoms. The number of hydrogen-bond acceptors (Lipinski definition) is 3. The highest BCUT2D eigenvalue weighted by molar-refractivity contribution is 5.85. The van der Waals surface area contributed by atoms with Gasteiger partial charge in [-0.15, -0.1) is 0 Å². The fourth-order valence-electron chi connectivity index (χ4n) is 1.86. The molecule has 0 aliphatic rings. The molecule has 1 amide bonds. The molecule has 0 saturated carbocycles. The van der Waals surface area contributed by atoms with Crippen LogP contribution >= 0.6 is 0 Å². The van der Waals surface area contributed by atoms with Gasteiger partial charge in [0.1, 0.15) is 0 Å². The smallest absolute Gasteiger partial charge is 0.240 e. The summed E-state index contributed by atoms with van der Waals surface area (Å²) in [5, 5.41) is 6.09. The maximum atomic E-state index is 12.0. The molecule has 0 bridgehead atoms. The Hall–Kier alpha value is -1.42. The van der Waals surface area contributed by atoms with Gasteiger partial charge in [-0.3, -0.25) is 9.78 Å². The summed E-state index contributed by atoms with van der Waals surface area (Å²) in [7, 11) is 0. The quantitative estimate of drug-likeness (QED) is 0.806. The molecule has 100 valence electrons. The molecule has 0 aliphatic carbocycles. The third kappa shape index (κ3) is 3.81. The minimum atomic E-state index is -0.546. The van der Waals surface area contributed by atoms with Crippen LogP contribution < -0.4 is 10.6 Å². The van der Waals surface area contributed by atoms with Crippen LogP contribution in [0.2, 0.25) is 0 Å². The maximum Gasteiger partial charge on any atom is 0.240 e. The van der Waals surface area contributed by atoms with Gasteiger partial charge in [0.15, 0.2) is 0 Å². The second kappa shape index (κ2) is 6.50. The molecule has 0 atom stereocenters. The Morgan fingerprint density at radius 3 is 2.72 bits per heavy atom. The number of carbonyl (C=O) groups excluding carboxylic acids is 1. The summed E-state index contributed by atoms with van der Waals surface area (Å²) in [6, 6.07) is 3.97. The Bertz CT molecular complexity index is 402. The molecule has 18 heavy (non-hydrogen) atoms. The first kappa shape index (κ1) is 14.6. The Morgan fingerprint density at radius 1 is 1.39 bits per heavy atom. The summed E-state index contributed by atoms with van der Waals surface area (Å²) >= 11 is 0. The molecule has 4 heteroatoms. The molecular formula is C14H23N3O. The van der Waals surface area contributed by atoms with E-state index in [9.17, 15) is 4.79 Å². The maximum absolute atomic E-state index is 12.0. The second-order valence-corrected chi connectivity index (χ2v) is 4.80. The summed E-state index contributed by atoms with van der Waals surface area (Å²) in [6.45, 7) is 9.09. The van der Waals surface area contributed by atoms with Crippen LogP contribution in [0.1, 0.15) is 39.0 Å². The average Bonchev–Trinajstić information content (AvgIpc) is 2.36. The van der Waals surface area contributed by atoms with Gasteiger partial charge < -0.3 is 10.6 Å². The molecular weight excluding hydrogens is 226 g/mol. The van der Waals surface area contributed by atoms with Gasteiger partial charge >= 0.3 is 0 Å². The van der Waals surface area contributed by atoms with Crippen molar-refractivity contribution in [1.82, 2.24) is 15.6 Å². The van der Waals surface area contributed by atoms with Crippen LogP contribution in [0.4, 0.5) is 0 Å². The normalized spacial score (nSPS) is 11.3. The molecule has 2 N–H and O–H groups in total. The van der Waals surface area contributed by atoms with Gasteiger partial charge in [0, 0.05) is 6.20 Å². The third-order valence-corrected chi connectivity index (χ3v) is 2.97. The average molecular weight is 249 g/mol. The lowest BCUT2D eigenvalue weighted by Crippen LogP contribution is -2.52. The van der Waals surface area contributed by atoms with E-state index in [2.05, 4.69) is 22.5 Å². The number of pyridine rings is 1. The van der Waals surface area contributed by atoms with Gasteiger partial charge in [-0.25, -0.2) is 0 Å². The van der Waals surface area contributed by atoms with Crippen molar-refractivity contribution < 1.29 is 4.79 Å². The lowest BCUT2D eigenvalue weighted by atomic mass is 10.0. The summed E-state index contributed by atoms with van der Waals surface area (Å²) in [6.07, 6.45) is 2.69. The predicted molar refractivity (Wildman–Crippen MR) is 73.2 cm³/mol.